The largest absolute Gasteiger partial charge is 0.273 e. The van der Waals surface area contributed by atoms with Crippen LogP contribution in [0.4, 0.5) is 0 Å². The summed E-state index contributed by atoms with van der Waals surface area (Å²) in [5.41, 5.74) is 3.27. The fourth-order valence-electron chi connectivity index (χ4n) is 1.23. The van der Waals surface area contributed by atoms with Crippen molar-refractivity contribution in [1.82, 2.24) is 10.4 Å². The van der Waals surface area contributed by atoms with Gasteiger partial charge in [-0.1, -0.05) is 6.07 Å². The second kappa shape index (κ2) is 5.70. The van der Waals surface area contributed by atoms with Crippen LogP contribution in [0.3, 0.4) is 0 Å². The Morgan fingerprint density at radius 1 is 1.59 bits per heavy atom. The molecule has 1 N–H and O–H groups in total. The molecule has 17 heavy (non-hydrogen) atoms. The van der Waals surface area contributed by atoms with Gasteiger partial charge in [0, 0.05) is 10.3 Å². The Hall–Kier alpha value is -1.53. The molecule has 1 amide bonds. The maximum absolute atomic E-state index is 11.5. The number of thiazole rings is 1. The second-order valence-corrected chi connectivity index (χ2v) is 5.38. The van der Waals surface area contributed by atoms with E-state index in [0.29, 0.717) is 0 Å². The Kier molecular flexibility index (Phi) is 4.00. The van der Waals surface area contributed by atoms with Crippen LogP contribution in [-0.4, -0.2) is 17.1 Å². The number of thiophene rings is 1. The Labute approximate surface area is 107 Å². The summed E-state index contributed by atoms with van der Waals surface area (Å²) in [6, 6.07) is 3.87. The number of carbonyl (C=O) groups excluding carboxylic acids is 1. The summed E-state index contributed by atoms with van der Waals surface area (Å²) in [7, 11) is 0. The first-order valence-electron chi connectivity index (χ1n) is 5.00. The molecule has 0 saturated heterocycles. The molecule has 0 spiro atoms. The van der Waals surface area contributed by atoms with Crippen LogP contribution in [0.1, 0.15) is 15.6 Å². The number of hydrogen-bond donors (Lipinski definition) is 1. The van der Waals surface area contributed by atoms with E-state index in [1.807, 2.05) is 29.8 Å². The van der Waals surface area contributed by atoms with Crippen LogP contribution in [0.5, 0.6) is 0 Å². The molecular formula is C11H11N3OS2. The number of nitrogens with zero attached hydrogens (tertiary/aromatic N) is 2. The topological polar surface area (TPSA) is 54.4 Å². The van der Waals surface area contributed by atoms with Gasteiger partial charge in [-0.3, -0.25) is 4.79 Å². The average Bonchev–Trinajstić information content (AvgIpc) is 2.90. The van der Waals surface area contributed by atoms with Crippen molar-refractivity contribution in [3.63, 3.8) is 0 Å². The molecule has 6 heteroatoms. The lowest BCUT2D eigenvalue weighted by Crippen LogP contribution is -2.19. The molecule has 2 heterocycles. The summed E-state index contributed by atoms with van der Waals surface area (Å²) in [5, 5.41) is 8.69. The van der Waals surface area contributed by atoms with E-state index < -0.39 is 0 Å². The van der Waals surface area contributed by atoms with Crippen LogP contribution < -0.4 is 5.43 Å². The van der Waals surface area contributed by atoms with Gasteiger partial charge in [0.25, 0.3) is 0 Å². The number of aromatic nitrogens is 1. The van der Waals surface area contributed by atoms with E-state index in [1.165, 1.54) is 0 Å². The molecule has 2 rings (SSSR count). The van der Waals surface area contributed by atoms with Crippen LogP contribution in [0.15, 0.2) is 28.0 Å². The lowest BCUT2D eigenvalue weighted by Gasteiger charge is -1.95. The smallest absolute Gasteiger partial charge is 0.246 e. The van der Waals surface area contributed by atoms with E-state index in [4.69, 9.17) is 0 Å². The van der Waals surface area contributed by atoms with Gasteiger partial charge in [-0.15, -0.1) is 22.7 Å². The summed E-state index contributed by atoms with van der Waals surface area (Å²) in [6.07, 6.45) is 1.90. The van der Waals surface area contributed by atoms with Crippen LogP contribution in [-0.2, 0) is 11.2 Å². The Balaban J connectivity index is 1.82. The van der Waals surface area contributed by atoms with Crippen LogP contribution >= 0.6 is 22.7 Å². The van der Waals surface area contributed by atoms with E-state index in [9.17, 15) is 4.79 Å². The molecule has 0 radical (unpaired) electrons. The molecule has 88 valence electrons. The van der Waals surface area contributed by atoms with Gasteiger partial charge in [0.15, 0.2) is 0 Å². The van der Waals surface area contributed by atoms with Crippen LogP contribution in [0.25, 0.3) is 0 Å². The second-order valence-electron chi connectivity index (χ2n) is 3.34. The minimum atomic E-state index is -0.150. The molecular weight excluding hydrogens is 254 g/mol. The van der Waals surface area contributed by atoms with Gasteiger partial charge in [-0.2, -0.15) is 5.10 Å². The standard InChI is InChI=1S/C11H11N3OS2/c1-8-13-9(7-17-8)5-11(15)14-12-6-10-3-2-4-16-10/h2-4,6-7H,5H2,1H3,(H,14,15). The van der Waals surface area contributed by atoms with E-state index in [1.54, 1.807) is 28.9 Å². The summed E-state index contributed by atoms with van der Waals surface area (Å²) >= 11 is 3.11. The van der Waals surface area contributed by atoms with Crippen molar-refractivity contribution in [3.05, 3.63) is 38.5 Å². The molecule has 0 aromatic carbocycles. The molecule has 0 unspecified atom stereocenters. The number of rotatable bonds is 4. The highest BCUT2D eigenvalue weighted by Crippen LogP contribution is 2.08. The summed E-state index contributed by atoms with van der Waals surface area (Å²) in [4.78, 5) is 16.7. The van der Waals surface area contributed by atoms with Crippen LogP contribution in [0.2, 0.25) is 0 Å². The van der Waals surface area contributed by atoms with E-state index >= 15 is 0 Å². The number of hydrazone groups is 1. The molecule has 0 atom stereocenters. The van der Waals surface area contributed by atoms with Gasteiger partial charge in [-0.25, -0.2) is 10.4 Å². The Morgan fingerprint density at radius 3 is 3.12 bits per heavy atom. The van der Waals surface area contributed by atoms with Gasteiger partial charge < -0.3 is 0 Å². The van der Waals surface area contributed by atoms with Gasteiger partial charge >= 0.3 is 0 Å². The minimum absolute atomic E-state index is 0.150. The lowest BCUT2D eigenvalue weighted by atomic mass is 10.3. The highest BCUT2D eigenvalue weighted by atomic mass is 32.1. The molecule has 2 aromatic rings. The molecule has 0 aliphatic carbocycles. The molecule has 2 aromatic heterocycles. The fourth-order valence-corrected chi connectivity index (χ4v) is 2.42. The fraction of sp³-hybridized carbons (Fsp3) is 0.182. The number of aryl methyl sites for hydroxylation is 1. The van der Waals surface area contributed by atoms with E-state index in [0.717, 1.165) is 15.6 Å². The zero-order valence-electron chi connectivity index (χ0n) is 9.21. The highest BCUT2D eigenvalue weighted by molar-refractivity contribution is 7.11. The van der Waals surface area contributed by atoms with Gasteiger partial charge in [-0.05, 0) is 18.4 Å². The maximum atomic E-state index is 11.5. The zero-order chi connectivity index (χ0) is 12.1. The Bertz CT molecular complexity index is 517. The molecule has 0 aliphatic heterocycles. The average molecular weight is 265 g/mol. The lowest BCUT2D eigenvalue weighted by molar-refractivity contribution is -0.120. The number of amides is 1. The van der Waals surface area contributed by atoms with E-state index in [2.05, 4.69) is 15.5 Å². The van der Waals surface area contributed by atoms with Crippen molar-refractivity contribution in [3.8, 4) is 0 Å². The van der Waals surface area contributed by atoms with E-state index in [-0.39, 0.29) is 12.3 Å². The molecule has 0 aliphatic rings. The Morgan fingerprint density at radius 2 is 2.47 bits per heavy atom. The third-order valence-corrected chi connectivity index (χ3v) is 3.56. The SMILES string of the molecule is Cc1nc(CC(=O)NN=Cc2cccs2)cs1. The third-order valence-electron chi connectivity index (χ3n) is 1.93. The van der Waals surface area contributed by atoms with Crippen LogP contribution in [0, 0.1) is 6.92 Å². The predicted octanol–water partition coefficient (Wildman–Crippen LogP) is 2.21. The zero-order valence-corrected chi connectivity index (χ0v) is 10.8. The van der Waals surface area contributed by atoms with Crippen molar-refractivity contribution in [1.29, 1.82) is 0 Å². The number of carbonyl (C=O) groups is 1. The quantitative estimate of drug-likeness (QED) is 0.680. The predicted molar refractivity (Wildman–Crippen MR) is 70.6 cm³/mol. The first-order valence-corrected chi connectivity index (χ1v) is 6.76. The molecule has 4 nitrogen and oxygen atoms in total. The first-order chi connectivity index (χ1) is 8.24. The van der Waals surface area contributed by atoms with Gasteiger partial charge in [0.2, 0.25) is 5.91 Å². The normalized spacial score (nSPS) is 10.9. The van der Waals surface area contributed by atoms with Crippen molar-refractivity contribution in [2.45, 2.75) is 13.3 Å². The minimum Gasteiger partial charge on any atom is -0.273 e. The summed E-state index contributed by atoms with van der Waals surface area (Å²) in [5.74, 6) is -0.150. The third kappa shape index (κ3) is 3.76. The molecule has 0 bridgehead atoms. The molecule has 0 saturated carbocycles. The van der Waals surface area contributed by atoms with Crippen molar-refractivity contribution in [2.75, 3.05) is 0 Å². The highest BCUT2D eigenvalue weighted by Gasteiger charge is 2.04. The monoisotopic (exact) mass is 265 g/mol. The summed E-state index contributed by atoms with van der Waals surface area (Å²) in [6.45, 7) is 1.92. The van der Waals surface area contributed by atoms with Crippen molar-refractivity contribution in [2.24, 2.45) is 5.10 Å². The number of hydrogen-bond acceptors (Lipinski definition) is 5. The summed E-state index contributed by atoms with van der Waals surface area (Å²) < 4.78 is 0. The number of nitrogens with one attached hydrogen (secondary N) is 1. The first kappa shape index (κ1) is 11.9. The van der Waals surface area contributed by atoms with Crippen molar-refractivity contribution < 1.29 is 4.79 Å². The van der Waals surface area contributed by atoms with Crippen molar-refractivity contribution >= 4 is 34.8 Å². The maximum Gasteiger partial charge on any atom is 0.246 e. The molecule has 0 fully saturated rings. The van der Waals surface area contributed by atoms with Gasteiger partial charge in [0.1, 0.15) is 0 Å². The van der Waals surface area contributed by atoms with Gasteiger partial charge in [0.05, 0.1) is 23.3 Å².